The van der Waals surface area contributed by atoms with Crippen LogP contribution >= 0.6 is 0 Å². The van der Waals surface area contributed by atoms with Crippen molar-refractivity contribution >= 4 is 5.91 Å². The molecule has 0 aliphatic carbocycles. The normalized spacial score (nSPS) is 16.5. The minimum absolute atomic E-state index is 0.000480. The summed E-state index contributed by atoms with van der Waals surface area (Å²) >= 11 is 0. The zero-order valence-electron chi connectivity index (χ0n) is 15.1. The summed E-state index contributed by atoms with van der Waals surface area (Å²) in [6, 6.07) is 6.22. The predicted octanol–water partition coefficient (Wildman–Crippen LogP) is 2.76. The Hall–Kier alpha value is -2.70. The fourth-order valence-corrected chi connectivity index (χ4v) is 2.85. The summed E-state index contributed by atoms with van der Waals surface area (Å²) in [5.74, 6) is 0.576. The molecule has 138 valence electrons. The van der Waals surface area contributed by atoms with Crippen LogP contribution in [0.1, 0.15) is 25.8 Å². The highest BCUT2D eigenvalue weighted by molar-refractivity contribution is 5.78. The Morgan fingerprint density at radius 1 is 1.42 bits per heavy atom. The first-order chi connectivity index (χ1) is 12.5. The summed E-state index contributed by atoms with van der Waals surface area (Å²) in [7, 11) is 1.50. The minimum atomic E-state index is -0.357. The van der Waals surface area contributed by atoms with Crippen molar-refractivity contribution in [2.45, 2.75) is 32.8 Å². The van der Waals surface area contributed by atoms with E-state index in [-0.39, 0.29) is 23.7 Å². The quantitative estimate of drug-likeness (QED) is 0.859. The zero-order chi connectivity index (χ0) is 18.7. The number of methoxy groups -OCH3 is 1. The van der Waals surface area contributed by atoms with E-state index in [1.165, 1.54) is 19.2 Å². The molecule has 0 saturated carbocycles. The third-order valence-corrected chi connectivity index (χ3v) is 4.55. The molecule has 2 atom stereocenters. The average Bonchev–Trinajstić information content (AvgIpc) is 3.07. The number of benzene rings is 1. The molecule has 1 aliphatic rings. The van der Waals surface area contributed by atoms with Crippen molar-refractivity contribution in [1.82, 2.24) is 15.5 Å². The Balaban J connectivity index is 1.78. The highest BCUT2D eigenvalue weighted by atomic mass is 19.1. The smallest absolute Gasteiger partial charge is 0.233 e. The van der Waals surface area contributed by atoms with E-state index in [1.807, 2.05) is 13.8 Å². The van der Waals surface area contributed by atoms with E-state index in [9.17, 15) is 9.18 Å². The third kappa shape index (κ3) is 3.76. The third-order valence-electron chi connectivity index (χ3n) is 4.55. The maximum Gasteiger partial charge on any atom is 0.233 e. The van der Waals surface area contributed by atoms with Crippen molar-refractivity contribution in [1.29, 1.82) is 0 Å². The van der Waals surface area contributed by atoms with Crippen LogP contribution in [-0.4, -0.2) is 35.9 Å². The number of nitrogens with one attached hydrogen (secondary N) is 1. The van der Waals surface area contributed by atoms with Crippen LogP contribution in [0.15, 0.2) is 24.3 Å². The van der Waals surface area contributed by atoms with E-state index in [4.69, 9.17) is 9.47 Å². The minimum Gasteiger partial charge on any atom is -0.487 e. The first-order valence-electron chi connectivity index (χ1n) is 8.66. The lowest BCUT2D eigenvalue weighted by atomic mass is 10.0. The number of rotatable bonds is 6. The van der Waals surface area contributed by atoms with Gasteiger partial charge in [-0.25, -0.2) is 4.39 Å². The van der Waals surface area contributed by atoms with Gasteiger partial charge in [0, 0.05) is 29.5 Å². The molecule has 1 aliphatic heterocycles. The van der Waals surface area contributed by atoms with Gasteiger partial charge in [-0.1, -0.05) is 13.8 Å². The number of amides is 1. The van der Waals surface area contributed by atoms with Gasteiger partial charge in [0.25, 0.3) is 0 Å². The van der Waals surface area contributed by atoms with Gasteiger partial charge in [-0.15, -0.1) is 10.2 Å². The summed E-state index contributed by atoms with van der Waals surface area (Å²) in [6.07, 6.45) is 1.08. The predicted molar refractivity (Wildman–Crippen MR) is 94.6 cm³/mol. The van der Waals surface area contributed by atoms with Gasteiger partial charge in [-0.3, -0.25) is 4.79 Å². The molecule has 1 amide bonds. The standard InChI is InChI=1S/C19H22FN3O3/c1-4-11(2)19(24)21-10-14-8-12-7-13(20)9-15(18(12)26-14)16-5-6-17(25-3)23-22-16/h5-7,9,11,14H,4,8,10H2,1-3H3,(H,21,24)/t11-,14-/m1/s1. The van der Waals surface area contributed by atoms with Gasteiger partial charge >= 0.3 is 0 Å². The van der Waals surface area contributed by atoms with Crippen LogP contribution < -0.4 is 14.8 Å². The number of fused-ring (bicyclic) bond motifs is 1. The van der Waals surface area contributed by atoms with E-state index in [2.05, 4.69) is 15.5 Å². The molecule has 0 spiro atoms. The van der Waals surface area contributed by atoms with Crippen LogP contribution in [0.3, 0.4) is 0 Å². The molecule has 7 heteroatoms. The highest BCUT2D eigenvalue weighted by Gasteiger charge is 2.28. The summed E-state index contributed by atoms with van der Waals surface area (Å²) in [6.45, 7) is 4.24. The lowest BCUT2D eigenvalue weighted by molar-refractivity contribution is -0.124. The van der Waals surface area contributed by atoms with Crippen LogP contribution in [-0.2, 0) is 11.2 Å². The van der Waals surface area contributed by atoms with Crippen molar-refractivity contribution in [3.8, 4) is 22.9 Å². The van der Waals surface area contributed by atoms with Gasteiger partial charge in [0.2, 0.25) is 11.8 Å². The number of hydrogen-bond acceptors (Lipinski definition) is 5. The Morgan fingerprint density at radius 3 is 2.88 bits per heavy atom. The fourth-order valence-electron chi connectivity index (χ4n) is 2.85. The zero-order valence-corrected chi connectivity index (χ0v) is 15.1. The molecule has 1 aromatic heterocycles. The molecule has 1 N–H and O–H groups in total. The molecule has 2 aromatic rings. The van der Waals surface area contributed by atoms with Gasteiger partial charge in [0.05, 0.1) is 19.3 Å². The molecule has 0 radical (unpaired) electrons. The van der Waals surface area contributed by atoms with Crippen molar-refractivity contribution in [2.24, 2.45) is 5.92 Å². The van der Waals surface area contributed by atoms with E-state index in [1.54, 1.807) is 12.1 Å². The lowest BCUT2D eigenvalue weighted by Gasteiger charge is -2.15. The van der Waals surface area contributed by atoms with Crippen LogP contribution in [0.5, 0.6) is 11.6 Å². The second-order valence-corrected chi connectivity index (χ2v) is 6.40. The topological polar surface area (TPSA) is 73.3 Å². The van der Waals surface area contributed by atoms with Crippen LogP contribution in [0, 0.1) is 11.7 Å². The van der Waals surface area contributed by atoms with E-state index in [0.717, 1.165) is 12.0 Å². The van der Waals surface area contributed by atoms with E-state index >= 15 is 0 Å². The van der Waals surface area contributed by atoms with Crippen LogP contribution in [0.25, 0.3) is 11.3 Å². The van der Waals surface area contributed by atoms with Gasteiger partial charge in [-0.05, 0) is 24.6 Å². The molecule has 26 heavy (non-hydrogen) atoms. The highest BCUT2D eigenvalue weighted by Crippen LogP contribution is 2.38. The summed E-state index contributed by atoms with van der Waals surface area (Å²) in [5, 5.41) is 10.9. The number of carbonyl (C=O) groups is 1. The Labute approximate surface area is 151 Å². The lowest BCUT2D eigenvalue weighted by Crippen LogP contribution is -2.37. The largest absolute Gasteiger partial charge is 0.487 e. The van der Waals surface area contributed by atoms with Crippen LogP contribution in [0.4, 0.5) is 4.39 Å². The second kappa shape index (κ2) is 7.68. The number of nitrogens with zero attached hydrogens (tertiary/aromatic N) is 2. The Morgan fingerprint density at radius 2 is 2.23 bits per heavy atom. The maximum absolute atomic E-state index is 14.0. The monoisotopic (exact) mass is 359 g/mol. The molecule has 0 fully saturated rings. The molecule has 3 rings (SSSR count). The van der Waals surface area contributed by atoms with Gasteiger partial charge in [0.1, 0.15) is 17.7 Å². The second-order valence-electron chi connectivity index (χ2n) is 6.40. The molecular weight excluding hydrogens is 337 g/mol. The maximum atomic E-state index is 14.0. The van der Waals surface area contributed by atoms with Crippen molar-refractivity contribution < 1.29 is 18.7 Å². The van der Waals surface area contributed by atoms with E-state index < -0.39 is 0 Å². The molecule has 0 bridgehead atoms. The van der Waals surface area contributed by atoms with Gasteiger partial charge < -0.3 is 14.8 Å². The van der Waals surface area contributed by atoms with Crippen molar-refractivity contribution in [3.63, 3.8) is 0 Å². The summed E-state index contributed by atoms with van der Waals surface area (Å²) in [5.41, 5.74) is 1.82. The SMILES string of the molecule is CC[C@@H](C)C(=O)NC[C@H]1Cc2cc(F)cc(-c3ccc(OC)nn3)c2O1. The van der Waals surface area contributed by atoms with Crippen molar-refractivity contribution in [2.75, 3.05) is 13.7 Å². The number of halogens is 1. The first-order valence-corrected chi connectivity index (χ1v) is 8.66. The number of ether oxygens (including phenoxy) is 2. The summed E-state index contributed by atoms with van der Waals surface area (Å²) < 4.78 is 25.0. The molecule has 2 heterocycles. The number of aromatic nitrogens is 2. The fraction of sp³-hybridized carbons (Fsp3) is 0.421. The van der Waals surface area contributed by atoms with Crippen molar-refractivity contribution in [3.05, 3.63) is 35.6 Å². The molecule has 6 nitrogen and oxygen atoms in total. The first kappa shape index (κ1) is 18.1. The molecular formula is C19H22FN3O3. The number of hydrogen-bond donors (Lipinski definition) is 1. The molecule has 0 unspecified atom stereocenters. The summed E-state index contributed by atoms with van der Waals surface area (Å²) in [4.78, 5) is 11.9. The average molecular weight is 359 g/mol. The van der Waals surface area contributed by atoms with Gasteiger partial charge in [0.15, 0.2) is 0 Å². The molecule has 0 saturated heterocycles. The van der Waals surface area contributed by atoms with E-state index in [0.29, 0.717) is 35.9 Å². The Bertz CT molecular complexity index is 795. The number of carbonyl (C=O) groups excluding carboxylic acids is 1. The Kier molecular flexibility index (Phi) is 5.35. The molecule has 1 aromatic carbocycles. The van der Waals surface area contributed by atoms with Gasteiger partial charge in [-0.2, -0.15) is 0 Å². The van der Waals surface area contributed by atoms with Crippen LogP contribution in [0.2, 0.25) is 0 Å².